The molecule has 6 aliphatic rings. The number of carbonyl (C=O) groups excluding carboxylic acids is 11. The molecule has 1 aliphatic carbocycles. The number of alkyl carbamates (subject to hydrolysis) is 1. The molecule has 0 spiro atoms. The Hall–Kier alpha value is -6.77. The molecule has 4 saturated heterocycles. The molecule has 15 unspecified atom stereocenters. The van der Waals surface area contributed by atoms with Crippen LogP contribution in [-0.2, 0) is 138 Å². The molecule has 0 aromatic carbocycles. The quantitative estimate of drug-likeness (QED) is 0.0165. The summed E-state index contributed by atoms with van der Waals surface area (Å²) in [5, 5.41) is 104. The van der Waals surface area contributed by atoms with Crippen molar-refractivity contribution < 1.29 is 189 Å². The van der Waals surface area contributed by atoms with Gasteiger partial charge in [-0.25, -0.2) is 9.59 Å². The Kier molecular flexibility index (Phi) is 61.5. The third-order valence-electron chi connectivity index (χ3n) is 22.7. The fourth-order valence-electron chi connectivity index (χ4n) is 14.8. The van der Waals surface area contributed by atoms with Crippen LogP contribution in [0.2, 0.25) is 0 Å². The summed E-state index contributed by atoms with van der Waals surface area (Å²) in [6.07, 6.45) is 0.507. The van der Waals surface area contributed by atoms with Gasteiger partial charge in [-0.05, 0) is 25.7 Å². The number of nitrogens with zero attached hydrogens (tertiary/aromatic N) is 2. The Labute approximate surface area is 787 Å². The van der Waals surface area contributed by atoms with Gasteiger partial charge in [-0.2, -0.15) is 0 Å². The number of ether oxygens (including phenoxy) is 18. The van der Waals surface area contributed by atoms with Crippen LogP contribution in [0.4, 0.5) is 4.79 Å². The van der Waals surface area contributed by atoms with E-state index in [1.807, 2.05) is 0 Å². The summed E-state index contributed by atoms with van der Waals surface area (Å²) in [5.74, 6) is -6.50. The van der Waals surface area contributed by atoms with Crippen molar-refractivity contribution >= 4 is 65.1 Å². The van der Waals surface area contributed by atoms with Crippen LogP contribution >= 0.6 is 0 Å². The lowest BCUT2D eigenvalue weighted by atomic mass is 9.84. The van der Waals surface area contributed by atoms with Gasteiger partial charge in [-0.3, -0.25) is 53.8 Å². The molecule has 15 atom stereocenters. The first kappa shape index (κ1) is 119. The van der Waals surface area contributed by atoms with Crippen molar-refractivity contribution in [2.75, 3.05) is 218 Å². The maximum Gasteiger partial charge on any atom is 0.408 e. The van der Waals surface area contributed by atoms with E-state index in [9.17, 15) is 98.7 Å². The van der Waals surface area contributed by atoms with Crippen molar-refractivity contribution in [1.29, 1.82) is 0 Å². The summed E-state index contributed by atoms with van der Waals surface area (Å²) in [4.78, 5) is 139. The first-order chi connectivity index (χ1) is 65.1. The summed E-state index contributed by atoms with van der Waals surface area (Å²) < 4.78 is 103. The summed E-state index contributed by atoms with van der Waals surface area (Å²) in [7, 11) is 0. The molecule has 5 heterocycles. The molecule has 47 nitrogen and oxygen atoms in total. The average molecular weight is 1950 g/mol. The fourth-order valence-corrected chi connectivity index (χ4v) is 14.8. The minimum absolute atomic E-state index is 0.0130. The van der Waals surface area contributed by atoms with E-state index in [4.69, 9.17) is 91.0 Å². The van der Waals surface area contributed by atoms with Gasteiger partial charge in [0.05, 0.1) is 197 Å². The van der Waals surface area contributed by atoms with E-state index in [1.165, 1.54) is 0 Å². The molecular formula is C88H152N8O39. The predicted octanol–water partition coefficient (Wildman–Crippen LogP) is -2.86. The van der Waals surface area contributed by atoms with Crippen molar-refractivity contribution in [3.05, 3.63) is 12.2 Å². The van der Waals surface area contributed by atoms with E-state index in [0.717, 1.165) is 94.1 Å². The topological polar surface area (TPSA) is 638 Å². The fraction of sp³-hybridized carbons (Fsp3) is 0.852. The maximum atomic E-state index is 14.1. The lowest BCUT2D eigenvalue weighted by molar-refractivity contribution is -0.284. The highest BCUT2D eigenvalue weighted by Gasteiger charge is 2.46. The Bertz CT molecular complexity index is 3170. The van der Waals surface area contributed by atoms with E-state index in [2.05, 4.69) is 31.4 Å². The molecule has 135 heavy (non-hydrogen) atoms. The number of aliphatic hydroxyl groups is 9. The van der Waals surface area contributed by atoms with Crippen LogP contribution in [0, 0.1) is 23.2 Å². The highest BCUT2D eigenvalue weighted by Crippen LogP contribution is 2.34. The molecule has 16 N–H and O–H groups in total. The molecule has 5 aliphatic heterocycles. The minimum atomic E-state index is -1.23. The Morgan fingerprint density at radius 3 is 1.13 bits per heavy atom. The maximum absolute atomic E-state index is 14.1. The first-order valence-corrected chi connectivity index (χ1v) is 47.1. The van der Waals surface area contributed by atoms with Crippen molar-refractivity contribution in [2.45, 2.75) is 242 Å². The molecule has 6 rings (SSSR count). The average Bonchev–Trinajstić information content (AvgIpc) is 1.70. The summed E-state index contributed by atoms with van der Waals surface area (Å²) in [5.41, 5.74) is 4.12. The van der Waals surface area contributed by atoms with Crippen LogP contribution in [0.15, 0.2) is 12.2 Å². The number of nitrogens with two attached hydrogens (primary N) is 1. The van der Waals surface area contributed by atoms with Gasteiger partial charge >= 0.3 is 12.1 Å². The summed E-state index contributed by atoms with van der Waals surface area (Å²) >= 11 is 0. The van der Waals surface area contributed by atoms with Crippen LogP contribution in [0.5, 0.6) is 0 Å². The largest absolute Gasteiger partial charge is 0.434 e. The van der Waals surface area contributed by atoms with Crippen molar-refractivity contribution in [1.82, 2.24) is 36.5 Å². The number of hydroxylamine groups is 2. The van der Waals surface area contributed by atoms with E-state index in [-0.39, 0.29) is 266 Å². The third kappa shape index (κ3) is 47.8. The normalized spacial score (nSPS) is 24.3. The van der Waals surface area contributed by atoms with Crippen LogP contribution in [0.25, 0.3) is 0 Å². The Morgan fingerprint density at radius 1 is 0.415 bits per heavy atom. The number of hydrogen-bond acceptors (Lipinski definition) is 40. The molecule has 47 heteroatoms. The van der Waals surface area contributed by atoms with Gasteiger partial charge in [0.25, 0.3) is 23.6 Å². The van der Waals surface area contributed by atoms with Gasteiger partial charge in [-0.1, -0.05) is 65.7 Å². The molecule has 9 amide bonds. The van der Waals surface area contributed by atoms with E-state index < -0.39 is 158 Å². The monoisotopic (exact) mass is 1950 g/mol. The van der Waals surface area contributed by atoms with Gasteiger partial charge in [0.15, 0.2) is 24.7 Å². The second-order valence-electron chi connectivity index (χ2n) is 33.5. The number of unbranched alkanes of at least 4 members (excludes halogenated alkanes) is 7. The third-order valence-corrected chi connectivity index (χ3v) is 22.7. The van der Waals surface area contributed by atoms with Crippen molar-refractivity contribution in [3.63, 3.8) is 0 Å². The van der Waals surface area contributed by atoms with Gasteiger partial charge in [0.2, 0.25) is 23.6 Å². The number of imide groups is 2. The van der Waals surface area contributed by atoms with Gasteiger partial charge in [0.1, 0.15) is 49.1 Å². The smallest absolute Gasteiger partial charge is 0.408 e. The zero-order valence-electron chi connectivity index (χ0n) is 78.4. The molecule has 778 valence electrons. The van der Waals surface area contributed by atoms with Gasteiger partial charge < -0.3 is 163 Å². The zero-order chi connectivity index (χ0) is 98.4. The lowest BCUT2D eigenvalue weighted by Gasteiger charge is -2.40. The number of carbonyl (C=O) groups is 11. The number of nitrogens with one attached hydrogen (secondary N) is 5. The van der Waals surface area contributed by atoms with Crippen LogP contribution in [0.3, 0.4) is 0 Å². The van der Waals surface area contributed by atoms with Crippen LogP contribution in [0.1, 0.15) is 162 Å². The van der Waals surface area contributed by atoms with E-state index >= 15 is 0 Å². The van der Waals surface area contributed by atoms with Crippen molar-refractivity contribution in [2.24, 2.45) is 28.9 Å². The standard InChI is InChI=1S/C77H142N6O33.C11H10N2O6/c1-55-66(92)69(95)59(48-84)114-72(55)108-44-41-102-38-35-99-30-22-79-63(89)17-27-105-51-76(52-106-28-18-64(90)80-23-31-100-36-39-103-42-45-109-73-56(2)67(93)70(96)60(49-85)115-73,53-107-29-19-65(91)81-24-32-101-37-40-104-43-46-110-74-57(3)68(94)71(97)61(50-86)116-74)47-58(87)15-11-8-6-4-5-7-9-12-16-62(88)82-25-33-112-77(20-13-10-14-21-77)113-34-26-83-75(98)111-54-78;14-7-1-2-8(15)12(7)6-5-11(18)19-13-9(16)3-4-10(13)17/h55-57,59-61,66-74,84-86,92-97H,4-54,78H2,1-3H3,(H,79,89)(H,80,90)(H,81,91)(H,82,88)(H,83,98);1-2H,3-6H2. The second kappa shape index (κ2) is 70.0. The Balaban J connectivity index is 0.00000149. The second-order valence-corrected chi connectivity index (χ2v) is 33.5. The molecular weight excluding hydrogens is 1790 g/mol. The molecule has 1 saturated carbocycles. The highest BCUT2D eigenvalue weighted by atomic mass is 16.7. The Morgan fingerprint density at radius 2 is 0.756 bits per heavy atom. The molecule has 0 bridgehead atoms. The van der Waals surface area contributed by atoms with Crippen molar-refractivity contribution in [3.8, 4) is 0 Å². The lowest BCUT2D eigenvalue weighted by Crippen LogP contribution is -2.55. The van der Waals surface area contributed by atoms with Gasteiger partial charge in [0, 0.05) is 139 Å². The molecule has 5 fully saturated rings. The van der Waals surface area contributed by atoms with E-state index in [1.54, 1.807) is 20.8 Å². The van der Waals surface area contributed by atoms with E-state index in [0.29, 0.717) is 31.1 Å². The molecule has 0 radical (unpaired) electrons. The SMILES string of the molecule is CC1C(OCCOCCOCCNC(=O)CCOCC(COCCC(=O)NCCOCCOCCOC2OC(CO)C(O)C(O)C2C)(COCCC(=O)NCCOCCOCCOC2OC(CO)C(O)C(O)C2C)CC(=O)CCCCCCCCCCC(=O)NCCOC2(OCCNC(=O)OCN)CCCCC2)OC(CO)C(O)C1O.O=C(CCN1C(=O)C=CC1=O)ON1C(=O)CCC1=O. The summed E-state index contributed by atoms with van der Waals surface area (Å²) in [6, 6.07) is 0. The number of Topliss-reactive ketones (excluding diaryl/α,β-unsaturated/α-hetero) is 1. The number of rotatable bonds is 74. The molecule has 0 aromatic heterocycles. The number of amides is 9. The number of aliphatic hydroxyl groups excluding tert-OH is 9. The minimum Gasteiger partial charge on any atom is -0.434 e. The van der Waals surface area contributed by atoms with Gasteiger partial charge in [-0.15, -0.1) is 5.06 Å². The van der Waals surface area contributed by atoms with Crippen LogP contribution < -0.4 is 32.3 Å². The highest BCUT2D eigenvalue weighted by molar-refractivity contribution is 6.13. The predicted molar refractivity (Wildman–Crippen MR) is 469 cm³/mol. The number of ketones is 1. The molecule has 0 aromatic rings. The first-order valence-electron chi connectivity index (χ1n) is 47.1. The summed E-state index contributed by atoms with van der Waals surface area (Å²) in [6.45, 7) is 7.26. The number of hydrogen-bond donors (Lipinski definition) is 15. The van der Waals surface area contributed by atoms with Crippen LogP contribution in [-0.4, -0.2) is 418 Å². The zero-order valence-corrected chi connectivity index (χ0v) is 78.4.